The van der Waals surface area contributed by atoms with E-state index in [0.29, 0.717) is 11.0 Å². The number of nitrogens with zero attached hydrogens (tertiary/aromatic N) is 3. The van der Waals surface area contributed by atoms with Crippen molar-refractivity contribution in [3.63, 3.8) is 0 Å². The van der Waals surface area contributed by atoms with Crippen LogP contribution in [0.15, 0.2) is 16.6 Å². The van der Waals surface area contributed by atoms with Crippen molar-refractivity contribution in [2.45, 2.75) is 55.0 Å². The van der Waals surface area contributed by atoms with Crippen LogP contribution in [0.4, 0.5) is 5.82 Å². The predicted molar refractivity (Wildman–Crippen MR) is 96.7 cm³/mol. The molecule has 0 saturated heterocycles. The van der Waals surface area contributed by atoms with E-state index in [9.17, 15) is 10.1 Å². The minimum Gasteiger partial charge on any atom is -0.383 e. The van der Waals surface area contributed by atoms with Crippen molar-refractivity contribution in [3.8, 4) is 6.07 Å². The number of nitriles is 1. The molecular formula is C16H19N5OS2. The molecule has 1 saturated carbocycles. The number of nitrogens with one attached hydrogen (secondary N) is 1. The zero-order chi connectivity index (χ0) is 17.2. The Bertz CT molecular complexity index is 791. The Hall–Kier alpha value is -1.85. The number of anilines is 1. The number of hydrogen-bond acceptors (Lipinski definition) is 7. The van der Waals surface area contributed by atoms with Crippen molar-refractivity contribution < 1.29 is 4.79 Å². The molecule has 1 aliphatic rings. The predicted octanol–water partition coefficient (Wildman–Crippen LogP) is 3.10. The average Bonchev–Trinajstić information content (AvgIpc) is 3.04. The number of nitrogens with two attached hydrogens (primary N) is 1. The third kappa shape index (κ3) is 3.47. The molecule has 0 radical (unpaired) electrons. The summed E-state index contributed by atoms with van der Waals surface area (Å²) in [6.45, 7) is 1.80. The normalized spacial score (nSPS) is 18.0. The maximum Gasteiger partial charge on any atom is 0.234 e. The van der Waals surface area contributed by atoms with Gasteiger partial charge < -0.3 is 11.1 Å². The van der Waals surface area contributed by atoms with Crippen LogP contribution >= 0.6 is 23.1 Å². The second-order valence-electron chi connectivity index (χ2n) is 6.03. The Morgan fingerprint density at radius 3 is 2.92 bits per heavy atom. The number of carbonyl (C=O) groups excluding carboxylic acids is 1. The van der Waals surface area contributed by atoms with Gasteiger partial charge in [0.05, 0.1) is 16.7 Å². The second-order valence-corrected chi connectivity index (χ2v) is 8.24. The lowest BCUT2D eigenvalue weighted by atomic mass is 9.83. The number of rotatable bonds is 4. The molecule has 8 heteroatoms. The van der Waals surface area contributed by atoms with Gasteiger partial charge in [-0.1, -0.05) is 31.0 Å². The smallest absolute Gasteiger partial charge is 0.234 e. The first-order valence-electron chi connectivity index (χ1n) is 7.94. The van der Waals surface area contributed by atoms with Crippen LogP contribution in [0.1, 0.15) is 39.0 Å². The molecular weight excluding hydrogens is 342 g/mol. The summed E-state index contributed by atoms with van der Waals surface area (Å²) < 4.78 is 0. The Balaban J connectivity index is 1.70. The standard InChI is InChI=1S/C16H19N5OS2/c1-10(13(22)21-16(9-17)6-3-2-4-7-16)24-15-19-12(18)11-5-8-23-14(11)20-15/h5,8,10H,2-4,6-7H2,1H3,(H,21,22)(H2,18,19,20)/t10-/m0/s1. The highest BCUT2D eigenvalue weighted by Gasteiger charge is 2.35. The fourth-order valence-electron chi connectivity index (χ4n) is 2.88. The topological polar surface area (TPSA) is 105 Å². The van der Waals surface area contributed by atoms with Crippen molar-refractivity contribution in [1.82, 2.24) is 15.3 Å². The van der Waals surface area contributed by atoms with Gasteiger partial charge in [-0.25, -0.2) is 9.97 Å². The van der Waals surface area contributed by atoms with E-state index in [0.717, 1.165) is 42.3 Å². The van der Waals surface area contributed by atoms with Crippen LogP contribution < -0.4 is 11.1 Å². The van der Waals surface area contributed by atoms with Gasteiger partial charge in [0, 0.05) is 0 Å². The molecule has 1 fully saturated rings. The molecule has 2 aromatic rings. The van der Waals surface area contributed by atoms with Gasteiger partial charge in [-0.3, -0.25) is 4.79 Å². The van der Waals surface area contributed by atoms with Gasteiger partial charge in [0.1, 0.15) is 16.2 Å². The molecule has 0 bridgehead atoms. The molecule has 1 aliphatic carbocycles. The van der Waals surface area contributed by atoms with E-state index in [1.807, 2.05) is 11.4 Å². The molecule has 3 rings (SSSR count). The summed E-state index contributed by atoms with van der Waals surface area (Å²) in [5.41, 5.74) is 5.22. The molecule has 2 heterocycles. The van der Waals surface area contributed by atoms with E-state index in [2.05, 4.69) is 21.4 Å². The van der Waals surface area contributed by atoms with Crippen LogP contribution in [0.2, 0.25) is 0 Å². The van der Waals surface area contributed by atoms with Crippen LogP contribution in [-0.4, -0.2) is 26.7 Å². The SMILES string of the molecule is C[C@H](Sc1nc(N)c2ccsc2n1)C(=O)NC1(C#N)CCCCC1. The van der Waals surface area contributed by atoms with E-state index in [4.69, 9.17) is 5.73 Å². The molecule has 6 nitrogen and oxygen atoms in total. The van der Waals surface area contributed by atoms with Crippen molar-refractivity contribution in [3.05, 3.63) is 11.4 Å². The minimum absolute atomic E-state index is 0.156. The summed E-state index contributed by atoms with van der Waals surface area (Å²) in [5, 5.41) is 15.3. The third-order valence-electron chi connectivity index (χ3n) is 4.27. The van der Waals surface area contributed by atoms with Crippen molar-refractivity contribution in [2.75, 3.05) is 5.73 Å². The summed E-state index contributed by atoms with van der Waals surface area (Å²) in [5.74, 6) is 0.272. The van der Waals surface area contributed by atoms with E-state index in [1.54, 1.807) is 6.92 Å². The summed E-state index contributed by atoms with van der Waals surface area (Å²) in [7, 11) is 0. The van der Waals surface area contributed by atoms with Gasteiger partial charge in [0.15, 0.2) is 5.16 Å². The summed E-state index contributed by atoms with van der Waals surface area (Å²) in [6, 6.07) is 4.19. The van der Waals surface area contributed by atoms with Gasteiger partial charge in [0.2, 0.25) is 5.91 Å². The number of amides is 1. The lowest BCUT2D eigenvalue weighted by Crippen LogP contribution is -2.50. The fourth-order valence-corrected chi connectivity index (χ4v) is 4.49. The number of nitrogen functional groups attached to an aromatic ring is 1. The number of carbonyl (C=O) groups is 1. The van der Waals surface area contributed by atoms with Gasteiger partial charge in [-0.05, 0) is 31.2 Å². The van der Waals surface area contributed by atoms with Gasteiger partial charge >= 0.3 is 0 Å². The highest BCUT2D eigenvalue weighted by atomic mass is 32.2. The van der Waals surface area contributed by atoms with Crippen LogP contribution in [0, 0.1) is 11.3 Å². The largest absolute Gasteiger partial charge is 0.383 e. The zero-order valence-electron chi connectivity index (χ0n) is 13.4. The van der Waals surface area contributed by atoms with Crippen LogP contribution in [-0.2, 0) is 4.79 Å². The molecule has 24 heavy (non-hydrogen) atoms. The van der Waals surface area contributed by atoms with Crippen LogP contribution in [0.3, 0.4) is 0 Å². The van der Waals surface area contributed by atoms with Gasteiger partial charge in [-0.2, -0.15) is 5.26 Å². The maximum atomic E-state index is 12.5. The maximum absolute atomic E-state index is 12.5. The van der Waals surface area contributed by atoms with Gasteiger partial charge in [0.25, 0.3) is 0 Å². The number of aromatic nitrogens is 2. The Labute approximate surface area is 148 Å². The molecule has 126 valence electrons. The molecule has 0 aromatic carbocycles. The number of thiophene rings is 1. The first-order valence-corrected chi connectivity index (χ1v) is 9.69. The minimum atomic E-state index is -0.720. The lowest BCUT2D eigenvalue weighted by Gasteiger charge is -2.32. The molecule has 0 unspecified atom stereocenters. The monoisotopic (exact) mass is 361 g/mol. The van der Waals surface area contributed by atoms with E-state index < -0.39 is 10.8 Å². The van der Waals surface area contributed by atoms with Crippen molar-refractivity contribution in [2.24, 2.45) is 0 Å². The zero-order valence-corrected chi connectivity index (χ0v) is 15.0. The van der Waals surface area contributed by atoms with Gasteiger partial charge in [-0.15, -0.1) is 11.3 Å². The highest BCUT2D eigenvalue weighted by molar-refractivity contribution is 8.00. The summed E-state index contributed by atoms with van der Waals surface area (Å²) >= 11 is 2.76. The summed E-state index contributed by atoms with van der Waals surface area (Å²) in [4.78, 5) is 22.0. The quantitative estimate of drug-likeness (QED) is 0.640. The lowest BCUT2D eigenvalue weighted by molar-refractivity contribution is -0.121. The second kappa shape index (κ2) is 6.95. The van der Waals surface area contributed by atoms with E-state index >= 15 is 0 Å². The van der Waals surface area contributed by atoms with Crippen molar-refractivity contribution >= 4 is 45.0 Å². The molecule has 1 atom stereocenters. The number of fused-ring (bicyclic) bond motifs is 1. The van der Waals surface area contributed by atoms with Crippen LogP contribution in [0.5, 0.6) is 0 Å². The third-order valence-corrected chi connectivity index (χ3v) is 6.04. The highest BCUT2D eigenvalue weighted by Crippen LogP contribution is 2.30. The molecule has 0 aliphatic heterocycles. The first kappa shape index (κ1) is 17.0. The number of thioether (sulfide) groups is 1. The number of hydrogen-bond donors (Lipinski definition) is 2. The van der Waals surface area contributed by atoms with E-state index in [1.165, 1.54) is 23.1 Å². The Morgan fingerprint density at radius 2 is 2.21 bits per heavy atom. The molecule has 1 amide bonds. The summed E-state index contributed by atoms with van der Waals surface area (Å²) in [6.07, 6.45) is 4.51. The molecule has 2 aromatic heterocycles. The Morgan fingerprint density at radius 1 is 1.46 bits per heavy atom. The van der Waals surface area contributed by atoms with E-state index in [-0.39, 0.29) is 5.91 Å². The van der Waals surface area contributed by atoms with Crippen molar-refractivity contribution in [1.29, 1.82) is 5.26 Å². The molecule has 0 spiro atoms. The Kier molecular flexibility index (Phi) is 4.92. The average molecular weight is 361 g/mol. The first-order chi connectivity index (χ1) is 11.5. The fraction of sp³-hybridized carbons (Fsp3) is 0.500. The van der Waals surface area contributed by atoms with Crippen LogP contribution in [0.25, 0.3) is 10.2 Å². The molecule has 3 N–H and O–H groups in total.